The molecule has 82 valence electrons. The molecule has 2 unspecified atom stereocenters. The Morgan fingerprint density at radius 2 is 2.07 bits per heavy atom. The van der Waals surface area contributed by atoms with E-state index in [9.17, 15) is 0 Å². The van der Waals surface area contributed by atoms with E-state index in [4.69, 9.17) is 0 Å². The zero-order valence-corrected chi connectivity index (χ0v) is 9.66. The molecular weight excluding hydrogens is 184 g/mol. The van der Waals surface area contributed by atoms with E-state index in [-0.39, 0.29) is 0 Å². The van der Waals surface area contributed by atoms with Crippen LogP contribution in [0.15, 0.2) is 18.2 Å². The average molecular weight is 204 g/mol. The van der Waals surface area contributed by atoms with Gasteiger partial charge in [0.25, 0.3) is 0 Å². The number of hydrogen-bond donors (Lipinski definition) is 1. The summed E-state index contributed by atoms with van der Waals surface area (Å²) in [5.74, 6) is 1.81. The van der Waals surface area contributed by atoms with Crippen molar-refractivity contribution >= 4 is 5.82 Å². The molecule has 1 aliphatic carbocycles. The largest absolute Gasteiger partial charge is 0.367 e. The molecule has 2 atom stereocenters. The minimum Gasteiger partial charge on any atom is -0.367 e. The molecule has 0 amide bonds. The highest BCUT2D eigenvalue weighted by Crippen LogP contribution is 2.26. The van der Waals surface area contributed by atoms with Crippen molar-refractivity contribution in [3.63, 3.8) is 0 Å². The molecule has 1 aromatic rings. The number of pyridine rings is 1. The Bertz CT molecular complexity index is 322. The van der Waals surface area contributed by atoms with E-state index in [1.807, 2.05) is 13.0 Å². The van der Waals surface area contributed by atoms with Crippen LogP contribution in [-0.2, 0) is 0 Å². The Morgan fingerprint density at radius 3 is 2.80 bits per heavy atom. The lowest BCUT2D eigenvalue weighted by Gasteiger charge is -2.29. The molecule has 0 radical (unpaired) electrons. The highest BCUT2D eigenvalue weighted by atomic mass is 15.0. The van der Waals surface area contributed by atoms with Gasteiger partial charge in [-0.25, -0.2) is 4.98 Å². The van der Waals surface area contributed by atoms with Gasteiger partial charge in [-0.05, 0) is 37.8 Å². The van der Waals surface area contributed by atoms with Gasteiger partial charge in [-0.1, -0.05) is 25.8 Å². The van der Waals surface area contributed by atoms with Crippen LogP contribution in [0.2, 0.25) is 0 Å². The summed E-state index contributed by atoms with van der Waals surface area (Å²) in [6.07, 6.45) is 5.38. The van der Waals surface area contributed by atoms with Crippen molar-refractivity contribution in [2.75, 3.05) is 5.32 Å². The molecule has 1 aromatic heterocycles. The molecule has 0 bridgehead atoms. The summed E-state index contributed by atoms with van der Waals surface area (Å²) in [5, 5.41) is 3.56. The predicted molar refractivity (Wildman–Crippen MR) is 64.0 cm³/mol. The van der Waals surface area contributed by atoms with Crippen LogP contribution in [0.1, 0.15) is 38.3 Å². The van der Waals surface area contributed by atoms with E-state index in [1.54, 1.807) is 0 Å². The first kappa shape index (κ1) is 10.5. The van der Waals surface area contributed by atoms with E-state index < -0.39 is 0 Å². The van der Waals surface area contributed by atoms with Crippen LogP contribution < -0.4 is 5.32 Å². The molecular formula is C13H20N2. The molecule has 2 heteroatoms. The van der Waals surface area contributed by atoms with Crippen molar-refractivity contribution in [1.82, 2.24) is 4.98 Å². The van der Waals surface area contributed by atoms with E-state index in [1.165, 1.54) is 25.7 Å². The molecule has 15 heavy (non-hydrogen) atoms. The van der Waals surface area contributed by atoms with Gasteiger partial charge in [-0.15, -0.1) is 0 Å². The average Bonchev–Trinajstić information content (AvgIpc) is 2.22. The van der Waals surface area contributed by atoms with Crippen molar-refractivity contribution in [3.05, 3.63) is 23.9 Å². The standard InChI is InChI=1S/C13H20N2/c1-10-6-3-4-8-12(10)15-13-9-5-7-11(2)14-13/h5,7,9-10,12H,3-4,6,8H2,1-2H3,(H,14,15). The first-order valence-electron chi connectivity index (χ1n) is 5.96. The number of rotatable bonds is 2. The second kappa shape index (κ2) is 4.65. The van der Waals surface area contributed by atoms with Gasteiger partial charge in [0.05, 0.1) is 0 Å². The highest BCUT2D eigenvalue weighted by Gasteiger charge is 2.20. The van der Waals surface area contributed by atoms with E-state index in [0.29, 0.717) is 6.04 Å². The van der Waals surface area contributed by atoms with E-state index in [0.717, 1.165) is 17.4 Å². The van der Waals surface area contributed by atoms with Gasteiger partial charge in [0, 0.05) is 11.7 Å². The van der Waals surface area contributed by atoms with Crippen LogP contribution in [0.3, 0.4) is 0 Å². The third kappa shape index (κ3) is 2.71. The number of anilines is 1. The Morgan fingerprint density at radius 1 is 1.27 bits per heavy atom. The first-order chi connectivity index (χ1) is 7.25. The molecule has 1 fully saturated rings. The van der Waals surface area contributed by atoms with Gasteiger partial charge in [-0.2, -0.15) is 0 Å². The maximum atomic E-state index is 4.49. The summed E-state index contributed by atoms with van der Waals surface area (Å²) in [4.78, 5) is 4.49. The Kier molecular flexibility index (Phi) is 3.24. The van der Waals surface area contributed by atoms with Gasteiger partial charge >= 0.3 is 0 Å². The van der Waals surface area contributed by atoms with Crippen molar-refractivity contribution < 1.29 is 0 Å². The van der Waals surface area contributed by atoms with Gasteiger partial charge < -0.3 is 5.32 Å². The lowest BCUT2D eigenvalue weighted by atomic mass is 9.86. The third-order valence-corrected chi connectivity index (χ3v) is 3.33. The Hall–Kier alpha value is -1.05. The molecule has 0 aromatic carbocycles. The van der Waals surface area contributed by atoms with Crippen molar-refractivity contribution in [3.8, 4) is 0 Å². The maximum Gasteiger partial charge on any atom is 0.126 e. The fourth-order valence-corrected chi connectivity index (χ4v) is 2.34. The van der Waals surface area contributed by atoms with Crippen molar-refractivity contribution in [2.45, 2.75) is 45.6 Å². The summed E-state index contributed by atoms with van der Waals surface area (Å²) < 4.78 is 0. The van der Waals surface area contributed by atoms with E-state index in [2.05, 4.69) is 29.4 Å². The normalized spacial score (nSPS) is 26.3. The van der Waals surface area contributed by atoms with Gasteiger partial charge in [0.1, 0.15) is 5.82 Å². The van der Waals surface area contributed by atoms with Gasteiger partial charge in [0.2, 0.25) is 0 Å². The number of aryl methyl sites for hydroxylation is 1. The van der Waals surface area contributed by atoms with Crippen LogP contribution >= 0.6 is 0 Å². The minimum atomic E-state index is 0.619. The third-order valence-electron chi connectivity index (χ3n) is 3.33. The Balaban J connectivity index is 2.01. The smallest absolute Gasteiger partial charge is 0.126 e. The minimum absolute atomic E-state index is 0.619. The predicted octanol–water partition coefficient (Wildman–Crippen LogP) is 3.38. The first-order valence-corrected chi connectivity index (χ1v) is 5.96. The lowest BCUT2D eigenvalue weighted by molar-refractivity contribution is 0.349. The number of nitrogens with one attached hydrogen (secondary N) is 1. The van der Waals surface area contributed by atoms with Crippen LogP contribution in [0.5, 0.6) is 0 Å². The number of hydrogen-bond acceptors (Lipinski definition) is 2. The van der Waals surface area contributed by atoms with Crippen molar-refractivity contribution in [1.29, 1.82) is 0 Å². The summed E-state index contributed by atoms with van der Waals surface area (Å²) >= 11 is 0. The van der Waals surface area contributed by atoms with Crippen LogP contribution in [0, 0.1) is 12.8 Å². The molecule has 1 aliphatic rings. The summed E-state index contributed by atoms with van der Waals surface area (Å²) in [6, 6.07) is 6.79. The molecule has 2 nitrogen and oxygen atoms in total. The maximum absolute atomic E-state index is 4.49. The molecule has 2 rings (SSSR count). The topological polar surface area (TPSA) is 24.9 Å². The zero-order chi connectivity index (χ0) is 10.7. The molecule has 0 spiro atoms. The Labute approximate surface area is 92.1 Å². The zero-order valence-electron chi connectivity index (χ0n) is 9.66. The van der Waals surface area contributed by atoms with E-state index >= 15 is 0 Å². The quantitative estimate of drug-likeness (QED) is 0.798. The summed E-state index contributed by atoms with van der Waals surface area (Å²) in [5.41, 5.74) is 1.09. The molecule has 1 N–H and O–H groups in total. The SMILES string of the molecule is Cc1cccc(NC2CCCCC2C)n1. The van der Waals surface area contributed by atoms with Gasteiger partial charge in [-0.3, -0.25) is 0 Å². The second-order valence-corrected chi connectivity index (χ2v) is 4.68. The van der Waals surface area contributed by atoms with Crippen LogP contribution in [0.4, 0.5) is 5.82 Å². The molecule has 0 saturated heterocycles. The molecule has 1 heterocycles. The van der Waals surface area contributed by atoms with Crippen LogP contribution in [0.25, 0.3) is 0 Å². The molecule has 0 aliphatic heterocycles. The number of nitrogens with zero attached hydrogens (tertiary/aromatic N) is 1. The fourth-order valence-electron chi connectivity index (χ4n) is 2.34. The van der Waals surface area contributed by atoms with Gasteiger partial charge in [0.15, 0.2) is 0 Å². The summed E-state index contributed by atoms with van der Waals surface area (Å²) in [7, 11) is 0. The monoisotopic (exact) mass is 204 g/mol. The lowest BCUT2D eigenvalue weighted by Crippen LogP contribution is -2.30. The van der Waals surface area contributed by atoms with Crippen molar-refractivity contribution in [2.24, 2.45) is 5.92 Å². The summed E-state index contributed by atoms with van der Waals surface area (Å²) in [6.45, 7) is 4.38. The highest BCUT2D eigenvalue weighted by molar-refractivity contribution is 5.36. The number of aromatic nitrogens is 1. The van der Waals surface area contributed by atoms with Crippen LogP contribution in [-0.4, -0.2) is 11.0 Å². The molecule has 1 saturated carbocycles. The second-order valence-electron chi connectivity index (χ2n) is 4.68. The fraction of sp³-hybridized carbons (Fsp3) is 0.615.